The third kappa shape index (κ3) is 2.95. The minimum Gasteiger partial charge on any atom is -0.201 e. The van der Waals surface area contributed by atoms with Crippen LogP contribution in [-0.2, 0) is 0 Å². The highest BCUT2D eigenvalue weighted by Crippen LogP contribution is 2.21. The average molecular weight is 272 g/mol. The molecule has 0 aliphatic heterocycles. The van der Waals surface area contributed by atoms with Gasteiger partial charge in [0.15, 0.2) is 5.65 Å². The molecule has 0 unspecified atom stereocenters. The number of thioether (sulfide) groups is 1. The molecule has 0 saturated carbocycles. The zero-order valence-electron chi connectivity index (χ0n) is 10.2. The van der Waals surface area contributed by atoms with Crippen LogP contribution in [0.4, 0.5) is 8.78 Å². The van der Waals surface area contributed by atoms with E-state index in [1.807, 2.05) is 0 Å². The summed E-state index contributed by atoms with van der Waals surface area (Å²) in [5.74, 6) is 1.13. The Bertz CT molecular complexity index is 527. The van der Waals surface area contributed by atoms with E-state index in [2.05, 4.69) is 29.1 Å². The molecule has 2 rings (SSSR count). The molecule has 7 heteroatoms. The third-order valence-corrected chi connectivity index (χ3v) is 3.36. The Morgan fingerprint density at radius 2 is 2.06 bits per heavy atom. The summed E-state index contributed by atoms with van der Waals surface area (Å²) in [5, 5.41) is 11.9. The molecular weight excluding hydrogens is 258 g/mol. The van der Waals surface area contributed by atoms with E-state index in [4.69, 9.17) is 0 Å². The smallest absolute Gasteiger partial charge is 0.201 e. The van der Waals surface area contributed by atoms with Gasteiger partial charge in [-0.1, -0.05) is 13.8 Å². The van der Waals surface area contributed by atoms with Crippen molar-refractivity contribution in [3.63, 3.8) is 0 Å². The van der Waals surface area contributed by atoms with Crippen LogP contribution in [0.25, 0.3) is 5.65 Å². The number of fused-ring (bicyclic) bond motifs is 1. The molecule has 2 aromatic rings. The molecule has 0 bridgehead atoms. The Labute approximate surface area is 108 Å². The SMILES string of the molecule is CC(C)CCSc1ccc2nnc(C(F)F)n2n1. The Hall–Kier alpha value is -1.24. The van der Waals surface area contributed by atoms with E-state index in [0.29, 0.717) is 16.6 Å². The van der Waals surface area contributed by atoms with Gasteiger partial charge in [-0.05, 0) is 30.2 Å². The molecule has 0 saturated heterocycles. The molecule has 98 valence electrons. The zero-order chi connectivity index (χ0) is 13.1. The van der Waals surface area contributed by atoms with E-state index >= 15 is 0 Å². The number of halogens is 2. The van der Waals surface area contributed by atoms with Gasteiger partial charge in [-0.3, -0.25) is 0 Å². The summed E-state index contributed by atoms with van der Waals surface area (Å²) in [4.78, 5) is 0. The van der Waals surface area contributed by atoms with Gasteiger partial charge in [0.2, 0.25) is 5.82 Å². The van der Waals surface area contributed by atoms with Crippen LogP contribution in [0.3, 0.4) is 0 Å². The van der Waals surface area contributed by atoms with Crippen molar-refractivity contribution in [2.45, 2.75) is 31.7 Å². The molecule has 2 aromatic heterocycles. The van der Waals surface area contributed by atoms with Crippen LogP contribution in [-0.4, -0.2) is 25.6 Å². The van der Waals surface area contributed by atoms with E-state index in [1.165, 1.54) is 0 Å². The molecule has 0 amide bonds. The fourth-order valence-corrected chi connectivity index (χ4v) is 2.50. The van der Waals surface area contributed by atoms with E-state index in [0.717, 1.165) is 16.7 Å². The van der Waals surface area contributed by atoms with E-state index in [9.17, 15) is 8.78 Å². The lowest BCUT2D eigenvalue weighted by Crippen LogP contribution is -2.00. The maximum atomic E-state index is 12.6. The molecule has 0 aliphatic rings. The van der Waals surface area contributed by atoms with Gasteiger partial charge in [-0.2, -0.15) is 9.61 Å². The normalized spacial score (nSPS) is 11.9. The lowest BCUT2D eigenvalue weighted by Gasteiger charge is -2.04. The molecule has 0 aliphatic carbocycles. The van der Waals surface area contributed by atoms with Crippen LogP contribution >= 0.6 is 11.8 Å². The summed E-state index contributed by atoms with van der Waals surface area (Å²) < 4.78 is 26.4. The predicted octanol–water partition coefficient (Wildman–Crippen LogP) is 3.20. The van der Waals surface area contributed by atoms with Crippen molar-refractivity contribution in [1.82, 2.24) is 19.8 Å². The first-order chi connectivity index (χ1) is 8.58. The van der Waals surface area contributed by atoms with Crippen LogP contribution in [0.15, 0.2) is 17.2 Å². The highest BCUT2D eigenvalue weighted by molar-refractivity contribution is 7.99. The van der Waals surface area contributed by atoms with Crippen molar-refractivity contribution < 1.29 is 8.78 Å². The molecule has 0 spiro atoms. The molecule has 0 fully saturated rings. The zero-order valence-corrected chi connectivity index (χ0v) is 11.0. The minimum absolute atomic E-state index is 0.346. The molecule has 0 atom stereocenters. The topological polar surface area (TPSA) is 43.1 Å². The number of alkyl halides is 2. The van der Waals surface area contributed by atoms with Gasteiger partial charge in [0.05, 0.1) is 0 Å². The van der Waals surface area contributed by atoms with E-state index in [1.54, 1.807) is 23.9 Å². The van der Waals surface area contributed by atoms with Crippen LogP contribution in [0.5, 0.6) is 0 Å². The molecular formula is C11H14F2N4S. The monoisotopic (exact) mass is 272 g/mol. The van der Waals surface area contributed by atoms with Crippen molar-refractivity contribution in [2.75, 3.05) is 5.75 Å². The maximum Gasteiger partial charge on any atom is 0.299 e. The van der Waals surface area contributed by atoms with Gasteiger partial charge in [-0.15, -0.1) is 22.0 Å². The van der Waals surface area contributed by atoms with Gasteiger partial charge >= 0.3 is 0 Å². The lowest BCUT2D eigenvalue weighted by atomic mass is 10.2. The number of aromatic nitrogens is 4. The van der Waals surface area contributed by atoms with Crippen LogP contribution < -0.4 is 0 Å². The first kappa shape index (κ1) is 13.2. The van der Waals surface area contributed by atoms with Crippen LogP contribution in [0, 0.1) is 5.92 Å². The third-order valence-electron chi connectivity index (χ3n) is 2.40. The molecule has 0 radical (unpaired) electrons. The second-order valence-corrected chi connectivity index (χ2v) is 5.45. The highest BCUT2D eigenvalue weighted by Gasteiger charge is 2.16. The Kier molecular flexibility index (Phi) is 4.11. The van der Waals surface area contributed by atoms with Gasteiger partial charge in [0.1, 0.15) is 5.03 Å². The average Bonchev–Trinajstić information content (AvgIpc) is 2.71. The maximum absolute atomic E-state index is 12.6. The van der Waals surface area contributed by atoms with Crippen molar-refractivity contribution in [1.29, 1.82) is 0 Å². The molecule has 4 nitrogen and oxygen atoms in total. The molecule has 18 heavy (non-hydrogen) atoms. The van der Waals surface area contributed by atoms with Gasteiger partial charge in [-0.25, -0.2) is 8.78 Å². The molecule has 0 aromatic carbocycles. The fraction of sp³-hybridized carbons (Fsp3) is 0.545. The van der Waals surface area contributed by atoms with E-state index < -0.39 is 12.2 Å². The van der Waals surface area contributed by atoms with Crippen LogP contribution in [0.2, 0.25) is 0 Å². The Morgan fingerprint density at radius 1 is 1.28 bits per heavy atom. The van der Waals surface area contributed by atoms with E-state index in [-0.39, 0.29) is 0 Å². The first-order valence-corrected chi connectivity index (χ1v) is 6.70. The standard InChI is InChI=1S/C11H14F2N4S/c1-7(2)5-6-18-9-4-3-8-14-15-11(10(12)13)17(8)16-9/h3-4,7,10H,5-6H2,1-2H3. The van der Waals surface area contributed by atoms with Crippen molar-refractivity contribution in [3.8, 4) is 0 Å². The second-order valence-electron chi connectivity index (χ2n) is 4.33. The summed E-state index contributed by atoms with van der Waals surface area (Å²) in [6, 6.07) is 3.44. The first-order valence-electron chi connectivity index (χ1n) is 5.71. The molecule has 0 N–H and O–H groups in total. The van der Waals surface area contributed by atoms with Gasteiger partial charge < -0.3 is 0 Å². The van der Waals surface area contributed by atoms with Gasteiger partial charge in [0.25, 0.3) is 6.43 Å². The second kappa shape index (κ2) is 5.60. The number of nitrogens with zero attached hydrogens (tertiary/aromatic N) is 4. The minimum atomic E-state index is -2.66. The summed E-state index contributed by atoms with van der Waals surface area (Å²) in [6.45, 7) is 4.29. The number of hydrogen-bond acceptors (Lipinski definition) is 4. The summed E-state index contributed by atoms with van der Waals surface area (Å²) in [6.07, 6.45) is -1.60. The number of hydrogen-bond donors (Lipinski definition) is 0. The van der Waals surface area contributed by atoms with Crippen molar-refractivity contribution in [2.24, 2.45) is 5.92 Å². The van der Waals surface area contributed by atoms with Crippen molar-refractivity contribution in [3.05, 3.63) is 18.0 Å². The highest BCUT2D eigenvalue weighted by atomic mass is 32.2. The lowest BCUT2D eigenvalue weighted by molar-refractivity contribution is 0.137. The Morgan fingerprint density at radius 3 is 2.72 bits per heavy atom. The molecule has 2 heterocycles. The summed E-state index contributed by atoms with van der Waals surface area (Å²) in [7, 11) is 0. The fourth-order valence-electron chi connectivity index (χ4n) is 1.40. The number of rotatable bonds is 5. The quantitative estimate of drug-likeness (QED) is 0.784. The van der Waals surface area contributed by atoms with Gasteiger partial charge in [0, 0.05) is 0 Å². The van der Waals surface area contributed by atoms with Crippen LogP contribution in [0.1, 0.15) is 32.5 Å². The van der Waals surface area contributed by atoms with Crippen molar-refractivity contribution >= 4 is 17.4 Å². The predicted molar refractivity (Wildman–Crippen MR) is 65.9 cm³/mol. The summed E-state index contributed by atoms with van der Waals surface area (Å²) >= 11 is 1.56. The Balaban J connectivity index is 2.17. The largest absolute Gasteiger partial charge is 0.299 e. The summed E-state index contributed by atoms with van der Waals surface area (Å²) in [5.41, 5.74) is 0.346.